The maximum atomic E-state index is 12.7. The minimum atomic E-state index is -0.209. The number of carbonyl (C=O) groups is 1. The average Bonchev–Trinajstić information content (AvgIpc) is 2.94. The molecule has 1 aliphatic heterocycles. The van der Waals surface area contributed by atoms with E-state index in [1.807, 2.05) is 49.7 Å². The summed E-state index contributed by atoms with van der Waals surface area (Å²) < 4.78 is 1.86. The van der Waals surface area contributed by atoms with E-state index in [0.29, 0.717) is 23.9 Å². The molecule has 26 heavy (non-hydrogen) atoms. The Morgan fingerprint density at radius 2 is 2.04 bits per heavy atom. The van der Waals surface area contributed by atoms with E-state index >= 15 is 0 Å². The number of urea groups is 1. The van der Waals surface area contributed by atoms with Gasteiger partial charge in [-0.05, 0) is 37.5 Å². The van der Waals surface area contributed by atoms with Crippen molar-refractivity contribution in [1.82, 2.24) is 14.5 Å². The van der Waals surface area contributed by atoms with Crippen LogP contribution < -0.4 is 4.90 Å². The number of anilines is 1. The number of hydrogen-bond acceptors (Lipinski definition) is 2. The minimum Gasteiger partial charge on any atom is -0.317 e. The average molecular weight is 344 g/mol. The van der Waals surface area contributed by atoms with Crippen LogP contribution in [0.5, 0.6) is 0 Å². The third-order valence-electron chi connectivity index (χ3n) is 4.30. The zero-order valence-electron chi connectivity index (χ0n) is 15.2. The third-order valence-corrected chi connectivity index (χ3v) is 4.30. The third kappa shape index (κ3) is 2.85. The molecule has 0 atom stereocenters. The van der Waals surface area contributed by atoms with E-state index < -0.39 is 0 Å². The maximum absolute atomic E-state index is 12.7. The smallest absolute Gasteiger partial charge is 0.317 e. The molecule has 0 fully saturated rings. The fourth-order valence-electron chi connectivity index (χ4n) is 2.98. The second kappa shape index (κ2) is 6.82. The number of aromatic nitrogens is 2. The van der Waals surface area contributed by atoms with E-state index in [0.717, 1.165) is 16.8 Å². The summed E-state index contributed by atoms with van der Waals surface area (Å²) in [6, 6.07) is 7.77. The monoisotopic (exact) mass is 344 g/mol. The molecule has 0 radical (unpaired) electrons. The Bertz CT molecular complexity index is 997. The van der Waals surface area contributed by atoms with Gasteiger partial charge in [-0.2, -0.15) is 0 Å². The number of rotatable bonds is 2. The van der Waals surface area contributed by atoms with Gasteiger partial charge in [0.2, 0.25) is 0 Å². The summed E-state index contributed by atoms with van der Waals surface area (Å²) in [4.78, 5) is 20.3. The molecule has 2 amide bonds. The molecule has 0 bridgehead atoms. The van der Waals surface area contributed by atoms with Crippen LogP contribution in [0.25, 0.3) is 5.70 Å². The van der Waals surface area contributed by atoms with E-state index in [1.165, 1.54) is 4.90 Å². The molecular formula is C21H20N4O. The van der Waals surface area contributed by atoms with Crippen LogP contribution in [0.3, 0.4) is 0 Å². The molecule has 0 N–H and O–H groups in total. The summed E-state index contributed by atoms with van der Waals surface area (Å²) in [7, 11) is 1.87. The predicted molar refractivity (Wildman–Crippen MR) is 103 cm³/mol. The number of fused-ring (bicyclic) bond motifs is 1. The van der Waals surface area contributed by atoms with Crippen molar-refractivity contribution in [3.63, 3.8) is 0 Å². The number of terminal acetylenes is 1. The van der Waals surface area contributed by atoms with Crippen molar-refractivity contribution in [2.24, 2.45) is 7.05 Å². The molecule has 0 saturated heterocycles. The highest BCUT2D eigenvalue weighted by Gasteiger charge is 2.36. The number of benzene rings is 1. The normalized spacial score (nSPS) is 13.2. The first-order chi connectivity index (χ1) is 12.5. The van der Waals surface area contributed by atoms with Gasteiger partial charge in [0.05, 0.1) is 12.2 Å². The zero-order valence-corrected chi connectivity index (χ0v) is 15.2. The van der Waals surface area contributed by atoms with Crippen molar-refractivity contribution >= 4 is 17.5 Å². The van der Waals surface area contributed by atoms with Crippen molar-refractivity contribution in [3.8, 4) is 24.2 Å². The van der Waals surface area contributed by atoms with Gasteiger partial charge in [0, 0.05) is 19.2 Å². The van der Waals surface area contributed by atoms with Gasteiger partial charge in [-0.15, -0.1) is 6.42 Å². The van der Waals surface area contributed by atoms with E-state index in [4.69, 9.17) is 6.42 Å². The van der Waals surface area contributed by atoms with Crippen LogP contribution in [0, 0.1) is 31.1 Å². The Morgan fingerprint density at radius 3 is 2.69 bits per heavy atom. The van der Waals surface area contributed by atoms with Crippen molar-refractivity contribution in [2.45, 2.75) is 13.8 Å². The van der Waals surface area contributed by atoms with Gasteiger partial charge < -0.3 is 4.57 Å². The highest BCUT2D eigenvalue weighted by molar-refractivity contribution is 6.03. The lowest BCUT2D eigenvalue weighted by molar-refractivity contribution is 0.226. The first-order valence-corrected chi connectivity index (χ1v) is 8.35. The second-order valence-corrected chi connectivity index (χ2v) is 6.05. The molecule has 1 aliphatic rings. The molecule has 1 aromatic carbocycles. The molecule has 0 aliphatic carbocycles. The van der Waals surface area contributed by atoms with E-state index in [2.05, 4.69) is 29.3 Å². The van der Waals surface area contributed by atoms with E-state index in [-0.39, 0.29) is 12.6 Å². The molecule has 130 valence electrons. The molecule has 5 heteroatoms. The standard InChI is InChI=1S/C21H20N4O/c1-6-13-25-16(4)19-20(24(7-2)21(25)26)22-18(23(19)5)12-11-17-10-8-9-15(3)14-17/h1,8-10,14H,4,7,13H2,2-3,5H3. The topological polar surface area (TPSA) is 41.4 Å². The van der Waals surface area contributed by atoms with Crippen LogP contribution in [0.1, 0.15) is 29.6 Å². The summed E-state index contributed by atoms with van der Waals surface area (Å²) >= 11 is 0. The summed E-state index contributed by atoms with van der Waals surface area (Å²) in [6.07, 6.45) is 5.41. The Hall–Kier alpha value is -3.44. The number of imidazole rings is 1. The summed E-state index contributed by atoms with van der Waals surface area (Å²) in [5.74, 6) is 9.90. The highest BCUT2D eigenvalue weighted by Crippen LogP contribution is 2.34. The lowest BCUT2D eigenvalue weighted by Gasteiger charge is -2.34. The van der Waals surface area contributed by atoms with Crippen LogP contribution in [0.15, 0.2) is 30.8 Å². The molecule has 0 unspecified atom stereocenters. The van der Waals surface area contributed by atoms with Gasteiger partial charge in [-0.1, -0.05) is 30.6 Å². The Labute approximate surface area is 153 Å². The first-order valence-electron chi connectivity index (χ1n) is 8.35. The minimum absolute atomic E-state index is 0.170. The Kier molecular flexibility index (Phi) is 4.56. The molecule has 2 aromatic rings. The lowest BCUT2D eigenvalue weighted by Crippen LogP contribution is -2.46. The van der Waals surface area contributed by atoms with Gasteiger partial charge in [-0.3, -0.25) is 9.80 Å². The molecule has 3 rings (SSSR count). The fourth-order valence-corrected chi connectivity index (χ4v) is 2.98. The highest BCUT2D eigenvalue weighted by atomic mass is 16.2. The molecule has 5 nitrogen and oxygen atoms in total. The van der Waals surface area contributed by atoms with Crippen molar-refractivity contribution < 1.29 is 4.79 Å². The number of amides is 2. The molecule has 1 aromatic heterocycles. The molecule has 2 heterocycles. The lowest BCUT2D eigenvalue weighted by atomic mass is 10.1. The second-order valence-electron chi connectivity index (χ2n) is 6.05. The SMILES string of the molecule is C#CCN1C(=C)c2c(nc(C#Cc3cccc(C)c3)n2C)N(CC)C1=O. The largest absolute Gasteiger partial charge is 0.331 e. The fraction of sp³-hybridized carbons (Fsp3) is 0.238. The van der Waals surface area contributed by atoms with Crippen molar-refractivity contribution in [3.05, 3.63) is 53.5 Å². The van der Waals surface area contributed by atoms with Crippen LogP contribution in [0.2, 0.25) is 0 Å². The van der Waals surface area contributed by atoms with E-state index in [9.17, 15) is 4.79 Å². The predicted octanol–water partition coefficient (Wildman–Crippen LogP) is 2.99. The summed E-state index contributed by atoms with van der Waals surface area (Å²) in [5, 5.41) is 0. The molecule has 0 spiro atoms. The Morgan fingerprint density at radius 1 is 1.27 bits per heavy atom. The summed E-state index contributed by atoms with van der Waals surface area (Å²) in [5.41, 5.74) is 3.38. The van der Waals surface area contributed by atoms with Gasteiger partial charge in [0.1, 0.15) is 5.69 Å². The van der Waals surface area contributed by atoms with E-state index in [1.54, 1.807) is 4.90 Å². The number of carbonyl (C=O) groups excluding carboxylic acids is 1. The first kappa shape index (κ1) is 17.4. The maximum Gasteiger partial charge on any atom is 0.331 e. The van der Waals surface area contributed by atoms with Gasteiger partial charge in [0.15, 0.2) is 11.6 Å². The Balaban J connectivity index is 2.08. The number of aryl methyl sites for hydroxylation is 1. The molecular weight excluding hydrogens is 324 g/mol. The van der Waals surface area contributed by atoms with Crippen LogP contribution in [0.4, 0.5) is 10.6 Å². The van der Waals surface area contributed by atoms with Gasteiger partial charge in [0.25, 0.3) is 0 Å². The summed E-state index contributed by atoms with van der Waals surface area (Å²) in [6.45, 7) is 8.64. The van der Waals surface area contributed by atoms with Crippen LogP contribution in [-0.4, -0.2) is 33.6 Å². The quantitative estimate of drug-likeness (QED) is 0.786. The van der Waals surface area contributed by atoms with Crippen LogP contribution in [-0.2, 0) is 7.05 Å². The number of hydrogen-bond donors (Lipinski definition) is 0. The van der Waals surface area contributed by atoms with Crippen molar-refractivity contribution in [2.75, 3.05) is 18.0 Å². The van der Waals surface area contributed by atoms with Gasteiger partial charge in [-0.25, -0.2) is 9.78 Å². The zero-order chi connectivity index (χ0) is 18.8. The van der Waals surface area contributed by atoms with Crippen molar-refractivity contribution in [1.29, 1.82) is 0 Å². The van der Waals surface area contributed by atoms with Crippen LogP contribution >= 0.6 is 0 Å². The number of nitrogens with zero attached hydrogens (tertiary/aromatic N) is 4. The molecule has 0 saturated carbocycles. The van der Waals surface area contributed by atoms with Gasteiger partial charge >= 0.3 is 6.03 Å².